The lowest BCUT2D eigenvalue weighted by molar-refractivity contribution is -0.126. The summed E-state index contributed by atoms with van der Waals surface area (Å²) >= 11 is 6.15. The highest BCUT2D eigenvalue weighted by atomic mass is 35.5. The molecule has 1 saturated heterocycles. The first-order chi connectivity index (χ1) is 11.6. The van der Waals surface area contributed by atoms with Crippen molar-refractivity contribution < 1.29 is 4.79 Å². The highest BCUT2D eigenvalue weighted by Crippen LogP contribution is 2.28. The van der Waals surface area contributed by atoms with Crippen LogP contribution in [-0.4, -0.2) is 49.6 Å². The molecular weight excluding hydrogens is 328 g/mol. The van der Waals surface area contributed by atoms with Gasteiger partial charge in [0.1, 0.15) is 6.33 Å². The fourth-order valence-electron chi connectivity index (χ4n) is 3.14. The summed E-state index contributed by atoms with van der Waals surface area (Å²) in [4.78, 5) is 14.9. The monoisotopic (exact) mass is 348 g/mol. The predicted octanol–water partition coefficient (Wildman–Crippen LogP) is 1.67. The van der Waals surface area contributed by atoms with Crippen LogP contribution in [0.3, 0.4) is 0 Å². The molecule has 3 rings (SSSR count). The highest BCUT2D eigenvalue weighted by Gasteiger charge is 2.39. The van der Waals surface area contributed by atoms with Gasteiger partial charge in [0.2, 0.25) is 5.91 Å². The maximum atomic E-state index is 12.7. The molecule has 0 spiro atoms. The van der Waals surface area contributed by atoms with Gasteiger partial charge in [-0.2, -0.15) is 0 Å². The Balaban J connectivity index is 1.67. The van der Waals surface area contributed by atoms with Gasteiger partial charge in [0.25, 0.3) is 0 Å². The van der Waals surface area contributed by atoms with Crippen molar-refractivity contribution in [2.45, 2.75) is 44.9 Å². The van der Waals surface area contributed by atoms with E-state index >= 15 is 0 Å². The molecule has 0 saturated carbocycles. The van der Waals surface area contributed by atoms with Gasteiger partial charge in [-0.25, -0.2) is 4.68 Å². The van der Waals surface area contributed by atoms with E-state index in [1.165, 1.54) is 0 Å². The van der Waals surface area contributed by atoms with Gasteiger partial charge in [-0.15, -0.1) is 5.10 Å². The van der Waals surface area contributed by atoms with Crippen LogP contribution >= 0.6 is 11.6 Å². The molecule has 2 aromatic rings. The number of hydrogen-bond donors (Lipinski definition) is 1. The molecule has 24 heavy (non-hydrogen) atoms. The lowest BCUT2D eigenvalue weighted by Crippen LogP contribution is -2.45. The van der Waals surface area contributed by atoms with E-state index in [0.29, 0.717) is 18.0 Å². The number of hydrogen-bond acceptors (Lipinski definition) is 5. The van der Waals surface area contributed by atoms with Crippen LogP contribution in [0.5, 0.6) is 0 Å². The summed E-state index contributed by atoms with van der Waals surface area (Å²) in [7, 11) is 0. The predicted molar refractivity (Wildman–Crippen MR) is 90.4 cm³/mol. The maximum Gasteiger partial charge on any atom is 0.237 e. The molecule has 1 aliphatic heterocycles. The Morgan fingerprint density at radius 2 is 2.21 bits per heavy atom. The van der Waals surface area contributed by atoms with Crippen LogP contribution in [0.15, 0.2) is 30.6 Å². The molecule has 1 aromatic carbocycles. The van der Waals surface area contributed by atoms with Crippen LogP contribution in [0.2, 0.25) is 5.02 Å². The molecule has 2 atom stereocenters. The number of rotatable bonds is 5. The van der Waals surface area contributed by atoms with Gasteiger partial charge in [-0.3, -0.25) is 9.69 Å². The van der Waals surface area contributed by atoms with E-state index in [9.17, 15) is 4.79 Å². The molecule has 7 nitrogen and oxygen atoms in total. The summed E-state index contributed by atoms with van der Waals surface area (Å²) in [5, 5.41) is 15.0. The van der Waals surface area contributed by atoms with Crippen LogP contribution in [0.25, 0.3) is 0 Å². The van der Waals surface area contributed by atoms with Crippen molar-refractivity contribution in [3.8, 4) is 0 Å². The van der Waals surface area contributed by atoms with Crippen molar-refractivity contribution in [2.75, 3.05) is 6.54 Å². The van der Waals surface area contributed by atoms with Crippen LogP contribution in [0, 0.1) is 0 Å². The zero-order valence-corrected chi connectivity index (χ0v) is 14.5. The fourth-order valence-corrected chi connectivity index (χ4v) is 3.34. The molecule has 128 valence electrons. The van der Waals surface area contributed by atoms with E-state index in [4.69, 9.17) is 11.6 Å². The van der Waals surface area contributed by atoms with E-state index in [1.807, 2.05) is 24.3 Å². The average Bonchev–Trinajstić information content (AvgIpc) is 3.22. The number of carbonyl (C=O) groups excluding carboxylic acids is 1. The lowest BCUT2D eigenvalue weighted by Gasteiger charge is -2.27. The Kier molecular flexibility index (Phi) is 5.11. The Labute approximate surface area is 146 Å². The number of nitrogens with zero attached hydrogens (tertiary/aromatic N) is 5. The third-order valence-electron chi connectivity index (χ3n) is 4.43. The number of halogens is 1. The number of aromatic nitrogens is 4. The van der Waals surface area contributed by atoms with Crippen LogP contribution < -0.4 is 5.32 Å². The molecule has 1 fully saturated rings. The topological polar surface area (TPSA) is 75.9 Å². The minimum Gasteiger partial charge on any atom is -0.351 e. The Morgan fingerprint density at radius 3 is 2.88 bits per heavy atom. The zero-order chi connectivity index (χ0) is 17.1. The molecule has 1 aliphatic rings. The van der Waals surface area contributed by atoms with E-state index in [2.05, 4.69) is 39.6 Å². The second-order valence-corrected chi connectivity index (χ2v) is 6.70. The van der Waals surface area contributed by atoms with Crippen LogP contribution in [0.4, 0.5) is 0 Å². The second kappa shape index (κ2) is 7.27. The summed E-state index contributed by atoms with van der Waals surface area (Å²) in [6.45, 7) is 5.37. The quantitative estimate of drug-likeness (QED) is 0.889. The van der Waals surface area contributed by atoms with Gasteiger partial charge >= 0.3 is 0 Å². The van der Waals surface area contributed by atoms with Gasteiger partial charge < -0.3 is 5.32 Å². The molecular formula is C16H21ClN6O. The minimum absolute atomic E-state index is 0.0131. The third kappa shape index (κ3) is 3.57. The largest absolute Gasteiger partial charge is 0.351 e. The van der Waals surface area contributed by atoms with Crippen molar-refractivity contribution >= 4 is 17.5 Å². The third-order valence-corrected chi connectivity index (χ3v) is 4.80. The summed E-state index contributed by atoms with van der Waals surface area (Å²) in [6, 6.07) is 7.72. The number of likely N-dealkylation sites (tertiary alicyclic amines) is 1. The molecule has 0 bridgehead atoms. The standard InChI is InChI=1S/C16H21ClN6O/c1-11(2)22-9-13(23-10-19-20-21-23)7-15(22)16(24)18-8-12-5-3-4-6-14(12)17/h3-6,10-11,13,15H,7-9H2,1-2H3,(H,18,24)/t13-,15-/m0/s1. The van der Waals surface area contributed by atoms with Gasteiger partial charge in [-0.1, -0.05) is 29.8 Å². The molecule has 1 amide bonds. The van der Waals surface area contributed by atoms with E-state index in [1.54, 1.807) is 11.0 Å². The van der Waals surface area contributed by atoms with Gasteiger partial charge in [-0.05, 0) is 42.3 Å². The molecule has 1 N–H and O–H groups in total. The Bertz CT molecular complexity index is 690. The number of amides is 1. The zero-order valence-electron chi connectivity index (χ0n) is 13.8. The average molecular weight is 349 g/mol. The molecule has 2 heterocycles. The number of benzene rings is 1. The summed E-state index contributed by atoms with van der Waals surface area (Å²) in [6.07, 6.45) is 2.30. The first-order valence-corrected chi connectivity index (χ1v) is 8.43. The van der Waals surface area contributed by atoms with Crippen LogP contribution in [-0.2, 0) is 11.3 Å². The summed E-state index contributed by atoms with van der Waals surface area (Å²) < 4.78 is 1.73. The van der Waals surface area contributed by atoms with Crippen molar-refractivity contribution in [1.29, 1.82) is 0 Å². The normalized spacial score (nSPS) is 21.3. The van der Waals surface area contributed by atoms with Gasteiger partial charge in [0.05, 0.1) is 12.1 Å². The first kappa shape index (κ1) is 16.9. The number of tetrazole rings is 1. The van der Waals surface area contributed by atoms with E-state index in [0.717, 1.165) is 12.1 Å². The molecule has 0 aliphatic carbocycles. The van der Waals surface area contributed by atoms with Gasteiger partial charge in [0, 0.05) is 24.2 Å². The van der Waals surface area contributed by atoms with Crippen molar-refractivity contribution in [1.82, 2.24) is 30.4 Å². The Hall–Kier alpha value is -1.99. The highest BCUT2D eigenvalue weighted by molar-refractivity contribution is 6.31. The van der Waals surface area contributed by atoms with Crippen molar-refractivity contribution in [2.24, 2.45) is 0 Å². The molecule has 0 unspecified atom stereocenters. The van der Waals surface area contributed by atoms with Gasteiger partial charge in [0.15, 0.2) is 0 Å². The molecule has 8 heteroatoms. The minimum atomic E-state index is -0.193. The lowest BCUT2D eigenvalue weighted by atomic mass is 10.1. The maximum absolute atomic E-state index is 12.7. The molecule has 1 aromatic heterocycles. The van der Waals surface area contributed by atoms with Crippen molar-refractivity contribution in [3.63, 3.8) is 0 Å². The second-order valence-electron chi connectivity index (χ2n) is 6.29. The summed E-state index contributed by atoms with van der Waals surface area (Å²) in [5.74, 6) is 0.0131. The molecule has 0 radical (unpaired) electrons. The van der Waals surface area contributed by atoms with Crippen molar-refractivity contribution in [3.05, 3.63) is 41.2 Å². The number of nitrogens with one attached hydrogen (secondary N) is 1. The Morgan fingerprint density at radius 1 is 1.42 bits per heavy atom. The first-order valence-electron chi connectivity index (χ1n) is 8.05. The SMILES string of the molecule is CC(C)N1C[C@@H](n2cnnn2)C[C@H]1C(=O)NCc1ccccc1Cl. The smallest absolute Gasteiger partial charge is 0.237 e. The van der Waals surface area contributed by atoms with E-state index in [-0.39, 0.29) is 24.0 Å². The van der Waals surface area contributed by atoms with E-state index < -0.39 is 0 Å². The van der Waals surface area contributed by atoms with Crippen LogP contribution in [0.1, 0.15) is 31.9 Å². The summed E-state index contributed by atoms with van der Waals surface area (Å²) in [5.41, 5.74) is 0.915. The fraction of sp³-hybridized carbons (Fsp3) is 0.500. The number of carbonyl (C=O) groups is 1.